The van der Waals surface area contributed by atoms with Gasteiger partial charge in [-0.2, -0.15) is 5.10 Å². The average molecular weight is 227 g/mol. The molecule has 17 heavy (non-hydrogen) atoms. The summed E-state index contributed by atoms with van der Waals surface area (Å²) >= 11 is 0. The molecule has 0 radical (unpaired) electrons. The molecule has 1 aromatic heterocycles. The lowest BCUT2D eigenvalue weighted by Gasteiger charge is -2.28. The number of hydrogen-bond acceptors (Lipinski definition) is 3. The van der Waals surface area contributed by atoms with E-state index in [4.69, 9.17) is 4.74 Å². The van der Waals surface area contributed by atoms with Gasteiger partial charge in [0.05, 0.1) is 24.4 Å². The van der Waals surface area contributed by atoms with Crippen LogP contribution in [0.2, 0.25) is 0 Å². The zero-order valence-corrected chi connectivity index (χ0v) is 9.47. The third kappa shape index (κ3) is 1.27. The first kappa shape index (κ1) is 9.36. The second-order valence-corrected chi connectivity index (χ2v) is 4.50. The Hall–Kier alpha value is -1.68. The molecular weight excluding hydrogens is 214 g/mol. The van der Waals surface area contributed by atoms with Gasteiger partial charge in [-0.25, -0.2) is 0 Å². The van der Waals surface area contributed by atoms with E-state index in [1.807, 2.05) is 6.07 Å². The van der Waals surface area contributed by atoms with Crippen molar-refractivity contribution in [3.8, 4) is 0 Å². The molecule has 0 saturated heterocycles. The maximum Gasteiger partial charge on any atom is 0.137 e. The van der Waals surface area contributed by atoms with Gasteiger partial charge in [0.25, 0.3) is 0 Å². The van der Waals surface area contributed by atoms with Crippen molar-refractivity contribution in [2.75, 3.05) is 13.2 Å². The van der Waals surface area contributed by atoms with Crippen molar-refractivity contribution in [1.82, 2.24) is 9.78 Å². The van der Waals surface area contributed by atoms with E-state index in [1.165, 1.54) is 16.8 Å². The molecule has 1 atom stereocenters. The Morgan fingerprint density at radius 2 is 2.18 bits per heavy atom. The molecule has 4 rings (SSSR count). The number of hydrogen-bond donors (Lipinski definition) is 0. The molecule has 4 nitrogen and oxygen atoms in total. The normalized spacial score (nSPS) is 23.1. The van der Waals surface area contributed by atoms with Gasteiger partial charge in [-0.1, -0.05) is 18.2 Å². The van der Waals surface area contributed by atoms with Crippen molar-refractivity contribution in [2.24, 2.45) is 4.99 Å². The highest BCUT2D eigenvalue weighted by Crippen LogP contribution is 2.33. The lowest BCUT2D eigenvalue weighted by molar-refractivity contribution is 0.0575. The summed E-state index contributed by atoms with van der Waals surface area (Å²) in [5, 5.41) is 5.83. The summed E-state index contributed by atoms with van der Waals surface area (Å²) in [7, 11) is 0. The molecule has 0 saturated carbocycles. The van der Waals surface area contributed by atoms with Crippen molar-refractivity contribution < 1.29 is 4.74 Å². The van der Waals surface area contributed by atoms with Crippen LogP contribution in [0.4, 0.5) is 0 Å². The van der Waals surface area contributed by atoms with E-state index < -0.39 is 0 Å². The number of aromatic nitrogens is 2. The van der Waals surface area contributed by atoms with E-state index in [0.717, 1.165) is 31.6 Å². The molecule has 2 aliphatic rings. The lowest BCUT2D eigenvalue weighted by atomic mass is 10.0. The van der Waals surface area contributed by atoms with E-state index in [0.29, 0.717) is 0 Å². The van der Waals surface area contributed by atoms with Gasteiger partial charge in [0.15, 0.2) is 0 Å². The van der Waals surface area contributed by atoms with E-state index in [9.17, 15) is 0 Å². The van der Waals surface area contributed by atoms with Crippen LogP contribution >= 0.6 is 0 Å². The first-order valence-corrected chi connectivity index (χ1v) is 6.04. The van der Waals surface area contributed by atoms with Crippen LogP contribution in [0.15, 0.2) is 29.3 Å². The first-order valence-electron chi connectivity index (χ1n) is 6.04. The van der Waals surface area contributed by atoms with Gasteiger partial charge in [0.2, 0.25) is 0 Å². The Labute approximate surface area is 98.9 Å². The molecule has 2 aromatic rings. The van der Waals surface area contributed by atoms with Crippen LogP contribution in [-0.4, -0.2) is 28.6 Å². The molecule has 0 fully saturated rings. The van der Waals surface area contributed by atoms with Crippen molar-refractivity contribution in [1.29, 1.82) is 0 Å². The van der Waals surface area contributed by atoms with Crippen LogP contribution in [0.1, 0.15) is 18.2 Å². The summed E-state index contributed by atoms with van der Waals surface area (Å²) in [4.78, 5) is 4.43. The van der Waals surface area contributed by atoms with E-state index in [1.54, 1.807) is 0 Å². The van der Waals surface area contributed by atoms with Gasteiger partial charge < -0.3 is 4.74 Å². The van der Waals surface area contributed by atoms with Crippen LogP contribution in [0.3, 0.4) is 0 Å². The molecule has 1 aromatic carbocycles. The predicted octanol–water partition coefficient (Wildman–Crippen LogP) is 1.95. The Balaban J connectivity index is 1.96. The van der Waals surface area contributed by atoms with Gasteiger partial charge in [-0.15, -0.1) is 0 Å². The van der Waals surface area contributed by atoms with Gasteiger partial charge in [-0.05, 0) is 6.07 Å². The second-order valence-electron chi connectivity index (χ2n) is 4.50. The summed E-state index contributed by atoms with van der Waals surface area (Å²) in [6.45, 7) is 2.51. The topological polar surface area (TPSA) is 39.4 Å². The molecule has 0 spiro atoms. The summed E-state index contributed by atoms with van der Waals surface area (Å²) in [6.07, 6.45) is 1.09. The highest BCUT2D eigenvalue weighted by atomic mass is 16.5. The van der Waals surface area contributed by atoms with Crippen molar-refractivity contribution in [3.05, 3.63) is 30.0 Å². The monoisotopic (exact) mass is 227 g/mol. The smallest absolute Gasteiger partial charge is 0.137 e. The standard InChI is InChI=1S/C13H13N3O/c1-2-4-10-9(3-1)12-13(11-5-6-14-11)17-8-7-16(12)15-10/h1-4,13H,5-8H2. The predicted molar refractivity (Wildman–Crippen MR) is 65.3 cm³/mol. The molecule has 0 N–H and O–H groups in total. The number of nitrogens with zero attached hydrogens (tertiary/aromatic N) is 3. The van der Waals surface area contributed by atoms with Crippen molar-refractivity contribution in [2.45, 2.75) is 19.1 Å². The quantitative estimate of drug-likeness (QED) is 0.747. The number of ether oxygens (including phenoxy) is 1. The Kier molecular flexibility index (Phi) is 1.87. The lowest BCUT2D eigenvalue weighted by Crippen LogP contribution is -2.31. The van der Waals surface area contributed by atoms with Gasteiger partial charge in [-0.3, -0.25) is 9.67 Å². The second kappa shape index (κ2) is 3.40. The summed E-state index contributed by atoms with van der Waals surface area (Å²) < 4.78 is 7.97. The Bertz CT molecular complexity index is 614. The van der Waals surface area contributed by atoms with Crippen LogP contribution in [0.5, 0.6) is 0 Å². The molecular formula is C13H13N3O. The molecule has 0 bridgehead atoms. The SMILES string of the molecule is c1ccc2c3n(nc2c1)CCOC3C1=NCC1. The molecule has 86 valence electrons. The van der Waals surface area contributed by atoms with E-state index >= 15 is 0 Å². The fraction of sp³-hybridized carbons (Fsp3) is 0.385. The Morgan fingerprint density at radius 1 is 1.29 bits per heavy atom. The molecule has 0 aliphatic carbocycles. The minimum atomic E-state index is 0.0323. The number of fused-ring (bicyclic) bond motifs is 3. The maximum atomic E-state index is 5.88. The number of rotatable bonds is 1. The van der Waals surface area contributed by atoms with Crippen LogP contribution in [0, 0.1) is 0 Å². The van der Waals surface area contributed by atoms with Gasteiger partial charge in [0, 0.05) is 24.1 Å². The average Bonchev–Trinajstić information content (AvgIpc) is 2.66. The number of benzene rings is 1. The molecule has 0 amide bonds. The maximum absolute atomic E-state index is 5.88. The largest absolute Gasteiger partial charge is 0.364 e. The minimum absolute atomic E-state index is 0.0323. The van der Waals surface area contributed by atoms with Crippen molar-refractivity contribution >= 4 is 16.6 Å². The molecule has 2 aliphatic heterocycles. The summed E-state index contributed by atoms with van der Waals surface area (Å²) in [5.41, 5.74) is 3.42. The van der Waals surface area contributed by atoms with Crippen LogP contribution in [0.25, 0.3) is 10.9 Å². The third-order valence-corrected chi connectivity index (χ3v) is 3.51. The van der Waals surface area contributed by atoms with Crippen LogP contribution in [-0.2, 0) is 11.3 Å². The van der Waals surface area contributed by atoms with E-state index in [-0.39, 0.29) is 6.10 Å². The fourth-order valence-corrected chi connectivity index (χ4v) is 2.59. The zero-order valence-electron chi connectivity index (χ0n) is 9.47. The molecule has 4 heteroatoms. The zero-order chi connectivity index (χ0) is 11.2. The number of aliphatic imine (C=N–C) groups is 1. The Morgan fingerprint density at radius 3 is 3.00 bits per heavy atom. The van der Waals surface area contributed by atoms with Gasteiger partial charge >= 0.3 is 0 Å². The van der Waals surface area contributed by atoms with Crippen molar-refractivity contribution in [3.63, 3.8) is 0 Å². The molecule has 1 unspecified atom stereocenters. The van der Waals surface area contributed by atoms with Crippen LogP contribution < -0.4 is 0 Å². The summed E-state index contributed by atoms with van der Waals surface area (Å²) in [5.74, 6) is 0. The highest BCUT2D eigenvalue weighted by Gasteiger charge is 2.31. The van der Waals surface area contributed by atoms with Gasteiger partial charge in [0.1, 0.15) is 6.10 Å². The molecule has 3 heterocycles. The minimum Gasteiger partial charge on any atom is -0.364 e. The first-order chi connectivity index (χ1) is 8.43. The third-order valence-electron chi connectivity index (χ3n) is 3.51. The van der Waals surface area contributed by atoms with E-state index in [2.05, 4.69) is 33.0 Å². The summed E-state index contributed by atoms with van der Waals surface area (Å²) in [6, 6.07) is 8.26. The highest BCUT2D eigenvalue weighted by molar-refractivity contribution is 5.96. The fourth-order valence-electron chi connectivity index (χ4n) is 2.59.